The molecule has 0 saturated carbocycles. The van der Waals surface area contributed by atoms with Crippen molar-refractivity contribution in [1.82, 2.24) is 5.39 Å². The molecule has 18 heavy (non-hydrogen) atoms. The molecule has 0 aliphatic heterocycles. The molecule has 0 bridgehead atoms. The fourth-order valence-electron chi connectivity index (χ4n) is 0.811. The van der Waals surface area contributed by atoms with Gasteiger partial charge in [0.05, 0.1) is 45.0 Å². The molecule has 0 unspecified atom stereocenters. The van der Waals surface area contributed by atoms with Crippen LogP contribution in [0.2, 0.25) is 0 Å². The van der Waals surface area contributed by atoms with Crippen LogP contribution in [0.3, 0.4) is 0 Å². The molecule has 0 spiro atoms. The molecule has 3 N–H and O–H groups in total. The second kappa shape index (κ2) is 19.1. The summed E-state index contributed by atoms with van der Waals surface area (Å²) in [7, 11) is 0. The van der Waals surface area contributed by atoms with E-state index in [0.717, 1.165) is 0 Å². The van der Waals surface area contributed by atoms with Crippen molar-refractivity contribution in [2.75, 3.05) is 39.6 Å². The average molecular weight is 269 g/mol. The first-order chi connectivity index (χ1) is 8.76. The lowest BCUT2D eigenvalue weighted by molar-refractivity contribution is -0.527. The summed E-state index contributed by atoms with van der Waals surface area (Å²) in [6.07, 6.45) is 4.08. The Kier molecular flexibility index (Phi) is 21.2. The third kappa shape index (κ3) is 18.1. The van der Waals surface area contributed by atoms with Gasteiger partial charge in [-0.25, -0.2) is 14.5 Å². The van der Waals surface area contributed by atoms with Crippen molar-refractivity contribution in [2.45, 2.75) is 33.1 Å². The lowest BCUT2D eigenvalue weighted by atomic mass is 10.3. The van der Waals surface area contributed by atoms with Crippen molar-refractivity contribution in [3.8, 4) is 0 Å². The average Bonchev–Trinajstić information content (AvgIpc) is 2.39. The first-order valence-corrected chi connectivity index (χ1v) is 6.28. The van der Waals surface area contributed by atoms with Gasteiger partial charge in [0, 0.05) is 0 Å². The van der Waals surface area contributed by atoms with Crippen molar-refractivity contribution >= 4 is 0 Å². The molecule has 0 aliphatic rings. The number of aliphatic hydroxyl groups excluding tert-OH is 3. The maximum Gasteiger partial charge on any atom is 0.0967 e. The summed E-state index contributed by atoms with van der Waals surface area (Å²) in [5, 5.41) is 25.9. The number of nitrogens with zero attached hydrogens (tertiary/aromatic N) is 1. The van der Waals surface area contributed by atoms with Crippen LogP contribution in [0.4, 0.5) is 0 Å². The number of aliphatic hydroxyl groups is 3. The van der Waals surface area contributed by atoms with Gasteiger partial charge in [-0.15, -0.1) is 0 Å². The van der Waals surface area contributed by atoms with Gasteiger partial charge in [-0.05, 0) is 0 Å². The van der Waals surface area contributed by atoms with Crippen LogP contribution in [-0.4, -0.2) is 60.4 Å². The van der Waals surface area contributed by atoms with Gasteiger partial charge in [-0.1, -0.05) is 33.1 Å². The summed E-state index contributed by atoms with van der Waals surface area (Å²) in [4.78, 5) is 14.1. The smallest absolute Gasteiger partial charge is 0.0967 e. The highest BCUT2D eigenvalue weighted by Crippen LogP contribution is 1.93. The van der Waals surface area contributed by atoms with Crippen molar-refractivity contribution in [3.63, 3.8) is 0 Å². The minimum Gasteiger partial charge on any atom is -0.394 e. The summed E-state index contributed by atoms with van der Waals surface area (Å²) in [5.41, 5.74) is 0. The van der Waals surface area contributed by atoms with Gasteiger partial charge in [-0.3, -0.25) is 0 Å². The largest absolute Gasteiger partial charge is 0.394 e. The Morgan fingerprint density at radius 1 is 0.722 bits per heavy atom. The second-order valence-electron chi connectivity index (χ2n) is 3.25. The summed E-state index contributed by atoms with van der Waals surface area (Å²) in [6.45, 7) is 3.92. The lowest BCUT2D eigenvalue weighted by Crippen LogP contribution is -2.28. The zero-order valence-electron chi connectivity index (χ0n) is 11.4. The molecule has 0 rings (SSSR count). The fraction of sp³-hybridized carbons (Fsp3) is 1.00. The van der Waals surface area contributed by atoms with E-state index < -0.39 is 0 Å². The lowest BCUT2D eigenvalue weighted by Gasteiger charge is -2.17. The SMILES string of the molecule is CCCCC.OCCON(OCCO)OCCO. The maximum absolute atomic E-state index is 8.40. The van der Waals surface area contributed by atoms with Crippen LogP contribution in [0.25, 0.3) is 0 Å². The van der Waals surface area contributed by atoms with Crippen LogP contribution in [0.1, 0.15) is 33.1 Å². The highest BCUT2D eigenvalue weighted by Gasteiger charge is 2.05. The highest BCUT2D eigenvalue weighted by atomic mass is 17.2. The molecule has 0 heterocycles. The Labute approximate surface area is 109 Å². The van der Waals surface area contributed by atoms with E-state index in [-0.39, 0.29) is 39.6 Å². The van der Waals surface area contributed by atoms with E-state index in [1.807, 2.05) is 0 Å². The highest BCUT2D eigenvalue weighted by molar-refractivity contribution is 4.24. The molecule has 0 atom stereocenters. The Bertz CT molecular complexity index is 118. The molecule has 0 fully saturated rings. The van der Waals surface area contributed by atoms with Crippen LogP contribution in [-0.2, 0) is 14.5 Å². The minimum absolute atomic E-state index is 0.0108. The fourth-order valence-corrected chi connectivity index (χ4v) is 0.811. The van der Waals surface area contributed by atoms with Gasteiger partial charge in [0.25, 0.3) is 0 Å². The van der Waals surface area contributed by atoms with E-state index in [1.54, 1.807) is 0 Å². The van der Waals surface area contributed by atoms with Crippen LogP contribution < -0.4 is 0 Å². The summed E-state index contributed by atoms with van der Waals surface area (Å²) < 4.78 is 0. The molecular formula is C11H27NO6. The van der Waals surface area contributed by atoms with Gasteiger partial charge in [-0.2, -0.15) is 0 Å². The maximum atomic E-state index is 8.40. The monoisotopic (exact) mass is 269 g/mol. The topological polar surface area (TPSA) is 91.6 Å². The Morgan fingerprint density at radius 2 is 1.06 bits per heavy atom. The zero-order chi connectivity index (χ0) is 14.1. The predicted octanol–water partition coefficient (Wildman–Crippen LogP) is 0.257. The van der Waals surface area contributed by atoms with Gasteiger partial charge in [0.1, 0.15) is 0 Å². The van der Waals surface area contributed by atoms with Crippen LogP contribution >= 0.6 is 0 Å². The van der Waals surface area contributed by atoms with Crippen molar-refractivity contribution < 1.29 is 29.8 Å². The van der Waals surface area contributed by atoms with E-state index in [2.05, 4.69) is 13.8 Å². The van der Waals surface area contributed by atoms with E-state index in [1.165, 1.54) is 19.3 Å². The molecule has 112 valence electrons. The van der Waals surface area contributed by atoms with Crippen molar-refractivity contribution in [3.05, 3.63) is 0 Å². The van der Waals surface area contributed by atoms with Crippen molar-refractivity contribution in [1.29, 1.82) is 0 Å². The van der Waals surface area contributed by atoms with Crippen molar-refractivity contribution in [2.24, 2.45) is 0 Å². The number of hydrogen-bond donors (Lipinski definition) is 3. The van der Waals surface area contributed by atoms with Crippen LogP contribution in [0.15, 0.2) is 0 Å². The summed E-state index contributed by atoms with van der Waals surface area (Å²) >= 11 is 0. The van der Waals surface area contributed by atoms with Gasteiger partial charge >= 0.3 is 0 Å². The number of unbranched alkanes of at least 4 members (excludes halogenated alkanes) is 2. The molecule has 0 aromatic heterocycles. The van der Waals surface area contributed by atoms with Gasteiger partial charge in [0.15, 0.2) is 0 Å². The number of hydrogen-bond acceptors (Lipinski definition) is 7. The van der Waals surface area contributed by atoms with E-state index in [0.29, 0.717) is 5.39 Å². The molecule has 0 aliphatic carbocycles. The summed E-state index contributed by atoms with van der Waals surface area (Å²) in [6, 6.07) is 0. The molecule has 7 nitrogen and oxygen atoms in total. The van der Waals surface area contributed by atoms with Crippen LogP contribution in [0.5, 0.6) is 0 Å². The van der Waals surface area contributed by atoms with E-state index in [4.69, 9.17) is 29.8 Å². The van der Waals surface area contributed by atoms with E-state index in [9.17, 15) is 0 Å². The third-order valence-electron chi connectivity index (χ3n) is 1.57. The first-order valence-electron chi connectivity index (χ1n) is 6.28. The summed E-state index contributed by atoms with van der Waals surface area (Å²) in [5.74, 6) is 0. The number of rotatable bonds is 11. The van der Waals surface area contributed by atoms with Gasteiger partial charge < -0.3 is 15.3 Å². The Morgan fingerprint density at radius 3 is 1.22 bits per heavy atom. The quantitative estimate of drug-likeness (QED) is 0.463. The molecule has 7 heteroatoms. The molecule has 0 aromatic carbocycles. The Hall–Kier alpha value is -0.280. The van der Waals surface area contributed by atoms with Gasteiger partial charge in [0.2, 0.25) is 0 Å². The minimum atomic E-state index is -0.179. The first kappa shape index (κ1) is 20.0. The molecule has 0 saturated heterocycles. The molecule has 0 aromatic rings. The Balaban J connectivity index is 0. The standard InChI is InChI=1S/C6H15NO6.C5H12/c8-1-4-11-7(12-5-2-9)13-6-3-10;1-3-5-4-2/h8-10H,1-6H2;3-5H2,1-2H3. The molecule has 0 radical (unpaired) electrons. The normalized spacial score (nSPS) is 10.3. The zero-order valence-corrected chi connectivity index (χ0v) is 11.4. The third-order valence-corrected chi connectivity index (χ3v) is 1.57. The molecule has 0 amide bonds. The van der Waals surface area contributed by atoms with E-state index >= 15 is 0 Å². The molecular weight excluding hydrogens is 242 g/mol. The predicted molar refractivity (Wildman–Crippen MR) is 66.2 cm³/mol. The van der Waals surface area contributed by atoms with Crippen LogP contribution in [0, 0.1) is 0 Å². The second-order valence-corrected chi connectivity index (χ2v) is 3.25.